The average Bonchev–Trinajstić information content (AvgIpc) is 3.30. The molecule has 2 aromatic heterocycles. The summed E-state index contributed by atoms with van der Waals surface area (Å²) in [7, 11) is 0. The van der Waals surface area contributed by atoms with Crippen molar-refractivity contribution in [3.63, 3.8) is 0 Å². The minimum atomic E-state index is -1.36. The van der Waals surface area contributed by atoms with E-state index in [-0.39, 0.29) is 22.6 Å². The van der Waals surface area contributed by atoms with Crippen LogP contribution >= 0.6 is 23.2 Å². The largest absolute Gasteiger partial charge is 0.591 e. The Balaban J connectivity index is 1.76. The SMILES string of the molecule is CC1c2[nH]ccc2C(=N[S+]([O-])C(C)(C)C)CCCN1c1nc(N)c(-c2cccc(Cl)c2Cl)c(C#N)n1. The van der Waals surface area contributed by atoms with Crippen molar-refractivity contribution >= 4 is 52.0 Å². The number of aromatic nitrogens is 3. The van der Waals surface area contributed by atoms with Crippen LogP contribution in [0.15, 0.2) is 34.9 Å². The van der Waals surface area contributed by atoms with E-state index in [1.165, 1.54) is 0 Å². The van der Waals surface area contributed by atoms with Crippen LogP contribution in [-0.4, -0.2) is 36.5 Å². The first kappa shape index (κ1) is 26.3. The van der Waals surface area contributed by atoms with Gasteiger partial charge in [-0.25, -0.2) is 4.98 Å². The average molecular weight is 545 g/mol. The molecule has 0 fully saturated rings. The van der Waals surface area contributed by atoms with Crippen LogP contribution in [0.2, 0.25) is 10.0 Å². The van der Waals surface area contributed by atoms with E-state index in [0.717, 1.165) is 23.4 Å². The standard InChI is InChI=1S/C25H27Cl2N7OS/c1-14-22-15(10-11-30-22)18(33-36(35)25(2,3)4)9-6-12-34(14)24-31-19(13-28)20(23(29)32-24)16-7-5-8-17(26)21(16)27/h5,7-8,10-11,14,30H,6,9,12H2,1-4H3,(H2,29,31,32). The van der Waals surface area contributed by atoms with Gasteiger partial charge < -0.3 is 20.2 Å². The normalized spacial score (nSPS) is 18.3. The highest BCUT2D eigenvalue weighted by Gasteiger charge is 2.31. The van der Waals surface area contributed by atoms with Crippen LogP contribution in [0.5, 0.6) is 0 Å². The lowest BCUT2D eigenvalue weighted by Gasteiger charge is -2.32. The lowest BCUT2D eigenvalue weighted by Crippen LogP contribution is -2.34. The number of nitrogen functional groups attached to an aromatic ring is 1. The van der Waals surface area contributed by atoms with Crippen molar-refractivity contribution in [2.45, 2.75) is 51.3 Å². The Labute approximate surface area is 223 Å². The Bertz CT molecular complexity index is 1360. The van der Waals surface area contributed by atoms with E-state index in [1.54, 1.807) is 18.2 Å². The second-order valence-electron chi connectivity index (χ2n) is 9.52. The van der Waals surface area contributed by atoms with Gasteiger partial charge in [-0.3, -0.25) is 0 Å². The minimum absolute atomic E-state index is 0.116. The smallest absolute Gasteiger partial charge is 0.229 e. The van der Waals surface area contributed by atoms with Crippen molar-refractivity contribution in [1.82, 2.24) is 15.0 Å². The molecule has 0 radical (unpaired) electrons. The van der Waals surface area contributed by atoms with Gasteiger partial charge in [-0.2, -0.15) is 10.2 Å². The summed E-state index contributed by atoms with van der Waals surface area (Å²) in [6.07, 6.45) is 3.20. The summed E-state index contributed by atoms with van der Waals surface area (Å²) in [5.41, 5.74) is 9.98. The fourth-order valence-electron chi connectivity index (χ4n) is 4.12. The molecule has 2 atom stereocenters. The lowest BCUT2D eigenvalue weighted by molar-refractivity contribution is 0.561. The Hall–Kier alpha value is -2.77. The van der Waals surface area contributed by atoms with Gasteiger partial charge in [0.25, 0.3) is 0 Å². The van der Waals surface area contributed by atoms with Crippen molar-refractivity contribution in [3.05, 3.63) is 57.5 Å². The Morgan fingerprint density at radius 1 is 1.25 bits per heavy atom. The molecule has 1 aliphatic heterocycles. The number of rotatable bonds is 3. The molecule has 1 aromatic carbocycles. The maximum atomic E-state index is 12.8. The van der Waals surface area contributed by atoms with E-state index in [0.29, 0.717) is 35.1 Å². The molecule has 3 aromatic rings. The van der Waals surface area contributed by atoms with Gasteiger partial charge in [-0.15, -0.1) is 0 Å². The van der Waals surface area contributed by atoms with Gasteiger partial charge in [0.1, 0.15) is 33.7 Å². The quantitative estimate of drug-likeness (QED) is 0.398. The molecule has 0 bridgehead atoms. The fraction of sp³-hybridized carbons (Fsp3) is 0.360. The molecule has 11 heteroatoms. The van der Waals surface area contributed by atoms with E-state index in [4.69, 9.17) is 28.9 Å². The summed E-state index contributed by atoms with van der Waals surface area (Å²) < 4.78 is 16.9. The van der Waals surface area contributed by atoms with Gasteiger partial charge in [0.15, 0.2) is 5.69 Å². The van der Waals surface area contributed by atoms with E-state index in [9.17, 15) is 9.81 Å². The van der Waals surface area contributed by atoms with Crippen LogP contribution < -0.4 is 10.6 Å². The second-order valence-corrected chi connectivity index (χ2v) is 12.2. The number of halogens is 2. The number of anilines is 2. The van der Waals surface area contributed by atoms with Crippen molar-refractivity contribution < 1.29 is 4.55 Å². The predicted octanol–water partition coefficient (Wildman–Crippen LogP) is 5.85. The van der Waals surface area contributed by atoms with Gasteiger partial charge in [-0.1, -0.05) is 39.7 Å². The zero-order chi connectivity index (χ0) is 26.2. The second kappa shape index (κ2) is 10.3. The van der Waals surface area contributed by atoms with Crippen LogP contribution in [0.25, 0.3) is 11.1 Å². The molecule has 0 amide bonds. The molecule has 8 nitrogen and oxygen atoms in total. The number of nitriles is 1. The highest BCUT2D eigenvalue weighted by atomic mass is 35.5. The number of aromatic amines is 1. The summed E-state index contributed by atoms with van der Waals surface area (Å²) in [4.78, 5) is 14.5. The number of hydrogen-bond acceptors (Lipinski definition) is 7. The molecule has 188 valence electrons. The topological polar surface area (TPSA) is 130 Å². The summed E-state index contributed by atoms with van der Waals surface area (Å²) in [6, 6.07) is 9.04. The van der Waals surface area contributed by atoms with Crippen LogP contribution in [-0.2, 0) is 11.4 Å². The van der Waals surface area contributed by atoms with Crippen molar-refractivity contribution in [2.75, 3.05) is 17.2 Å². The van der Waals surface area contributed by atoms with Crippen LogP contribution in [0.1, 0.15) is 63.5 Å². The van der Waals surface area contributed by atoms with Crippen LogP contribution in [0.4, 0.5) is 11.8 Å². The third-order valence-corrected chi connectivity index (χ3v) is 8.27. The predicted molar refractivity (Wildman–Crippen MR) is 147 cm³/mol. The Morgan fingerprint density at radius 2 is 2.00 bits per heavy atom. The monoisotopic (exact) mass is 543 g/mol. The number of benzene rings is 1. The summed E-state index contributed by atoms with van der Waals surface area (Å²) in [5.74, 6) is 0.488. The highest BCUT2D eigenvalue weighted by Crippen LogP contribution is 2.39. The number of nitrogens with zero attached hydrogens (tertiary/aromatic N) is 5. The maximum absolute atomic E-state index is 12.8. The lowest BCUT2D eigenvalue weighted by atomic mass is 9.99. The van der Waals surface area contributed by atoms with Gasteiger partial charge in [-0.05, 0) is 52.7 Å². The molecule has 2 unspecified atom stereocenters. The highest BCUT2D eigenvalue weighted by molar-refractivity contribution is 7.91. The molecule has 0 saturated carbocycles. The van der Waals surface area contributed by atoms with Crippen LogP contribution in [0, 0.1) is 11.3 Å². The fourth-order valence-corrected chi connectivity index (χ4v) is 5.18. The number of nitrogens with one attached hydrogen (secondary N) is 1. The molecule has 0 aliphatic carbocycles. The molecule has 3 N–H and O–H groups in total. The molecule has 3 heterocycles. The Morgan fingerprint density at radius 3 is 2.69 bits per heavy atom. The first-order valence-electron chi connectivity index (χ1n) is 11.5. The third kappa shape index (κ3) is 5.04. The zero-order valence-corrected chi connectivity index (χ0v) is 22.8. The van der Waals surface area contributed by atoms with Gasteiger partial charge >= 0.3 is 0 Å². The van der Waals surface area contributed by atoms with Gasteiger partial charge in [0.2, 0.25) is 5.95 Å². The van der Waals surface area contributed by atoms with Crippen LogP contribution in [0.3, 0.4) is 0 Å². The van der Waals surface area contributed by atoms with E-state index < -0.39 is 16.1 Å². The van der Waals surface area contributed by atoms with E-state index in [2.05, 4.69) is 25.4 Å². The van der Waals surface area contributed by atoms with Crippen molar-refractivity contribution in [2.24, 2.45) is 4.40 Å². The van der Waals surface area contributed by atoms with E-state index in [1.807, 2.05) is 44.9 Å². The number of fused-ring (bicyclic) bond motifs is 1. The van der Waals surface area contributed by atoms with Gasteiger partial charge in [0, 0.05) is 29.6 Å². The zero-order valence-electron chi connectivity index (χ0n) is 20.5. The van der Waals surface area contributed by atoms with E-state index >= 15 is 0 Å². The number of nitrogens with two attached hydrogens (primary N) is 1. The first-order chi connectivity index (χ1) is 17.0. The molecule has 1 aliphatic rings. The number of hydrogen-bond donors (Lipinski definition) is 2. The first-order valence-corrected chi connectivity index (χ1v) is 13.3. The molecule has 0 saturated heterocycles. The minimum Gasteiger partial charge on any atom is -0.591 e. The van der Waals surface area contributed by atoms with Crippen molar-refractivity contribution in [1.29, 1.82) is 5.26 Å². The molecule has 36 heavy (non-hydrogen) atoms. The molecule has 4 rings (SSSR count). The number of H-pyrrole nitrogens is 1. The summed E-state index contributed by atoms with van der Waals surface area (Å²) >= 11 is 11.2. The molecular formula is C25H27Cl2N7OS. The molecular weight excluding hydrogens is 517 g/mol. The van der Waals surface area contributed by atoms with Crippen molar-refractivity contribution in [3.8, 4) is 17.2 Å². The molecule has 0 spiro atoms. The van der Waals surface area contributed by atoms with Gasteiger partial charge in [0.05, 0.1) is 21.7 Å². The third-order valence-electron chi connectivity index (χ3n) is 6.01. The summed E-state index contributed by atoms with van der Waals surface area (Å²) in [5, 5.41) is 10.6. The summed E-state index contributed by atoms with van der Waals surface area (Å²) in [6.45, 7) is 8.34. The maximum Gasteiger partial charge on any atom is 0.229 e. The Kier molecular flexibility index (Phi) is 7.53.